The summed E-state index contributed by atoms with van der Waals surface area (Å²) in [6.07, 6.45) is 3.09. The van der Waals surface area contributed by atoms with Crippen LogP contribution in [-0.4, -0.2) is 17.9 Å². The van der Waals surface area contributed by atoms with Crippen molar-refractivity contribution in [1.82, 2.24) is 5.32 Å². The molecule has 1 aromatic carbocycles. The van der Waals surface area contributed by atoms with Crippen LogP contribution in [0.5, 0.6) is 5.75 Å². The fraction of sp³-hybridized carbons (Fsp3) is 0.167. The first-order valence-electron chi connectivity index (χ1n) is 6.87. The predicted octanol–water partition coefficient (Wildman–Crippen LogP) is 3.43. The van der Waals surface area contributed by atoms with Gasteiger partial charge in [-0.25, -0.2) is 0 Å². The SMILES string of the molecule is C=C(C=N/C(C)=C\N)CNC(=C)c1cc(O)cc(C(=C)C)c1. The van der Waals surface area contributed by atoms with E-state index in [2.05, 4.69) is 30.0 Å². The molecule has 0 amide bonds. The second-order valence-corrected chi connectivity index (χ2v) is 5.11. The van der Waals surface area contributed by atoms with Crippen LogP contribution in [0.4, 0.5) is 0 Å². The van der Waals surface area contributed by atoms with Crippen molar-refractivity contribution < 1.29 is 5.11 Å². The first kappa shape index (κ1) is 17.3. The van der Waals surface area contributed by atoms with E-state index in [0.717, 1.165) is 28.0 Å². The molecule has 1 rings (SSSR count). The largest absolute Gasteiger partial charge is 0.508 e. The zero-order valence-corrected chi connectivity index (χ0v) is 13.2. The number of nitrogens with one attached hydrogen (secondary N) is 1. The number of aliphatic imine (C=N–C) groups is 1. The summed E-state index contributed by atoms with van der Waals surface area (Å²) in [5, 5.41) is 12.9. The zero-order valence-electron chi connectivity index (χ0n) is 13.2. The summed E-state index contributed by atoms with van der Waals surface area (Å²) in [7, 11) is 0. The Morgan fingerprint density at radius 1 is 1.23 bits per heavy atom. The van der Waals surface area contributed by atoms with Gasteiger partial charge in [0.05, 0.1) is 5.70 Å². The molecule has 0 spiro atoms. The Balaban J connectivity index is 2.72. The van der Waals surface area contributed by atoms with Crippen LogP contribution in [0.1, 0.15) is 25.0 Å². The molecule has 0 atom stereocenters. The summed E-state index contributed by atoms with van der Waals surface area (Å²) in [4.78, 5) is 4.13. The minimum Gasteiger partial charge on any atom is -0.508 e. The monoisotopic (exact) mass is 297 g/mol. The molecule has 22 heavy (non-hydrogen) atoms. The minimum absolute atomic E-state index is 0.183. The Morgan fingerprint density at radius 2 is 1.86 bits per heavy atom. The molecule has 0 bridgehead atoms. The van der Waals surface area contributed by atoms with Gasteiger partial charge < -0.3 is 16.2 Å². The lowest BCUT2D eigenvalue weighted by Gasteiger charge is -2.12. The maximum atomic E-state index is 9.77. The summed E-state index contributed by atoms with van der Waals surface area (Å²) in [5.74, 6) is 0.183. The van der Waals surface area contributed by atoms with E-state index in [1.807, 2.05) is 19.9 Å². The molecular formula is C18H23N3O. The maximum Gasteiger partial charge on any atom is 0.116 e. The van der Waals surface area contributed by atoms with Gasteiger partial charge in [-0.15, -0.1) is 0 Å². The number of nitrogens with zero attached hydrogens (tertiary/aromatic N) is 1. The van der Waals surface area contributed by atoms with E-state index < -0.39 is 0 Å². The summed E-state index contributed by atoms with van der Waals surface area (Å²) in [5.41, 5.74) is 10.1. The zero-order chi connectivity index (χ0) is 16.7. The standard InChI is InChI=1S/C18H23N3O/c1-12(2)16-6-17(8-18(22)7-16)15(5)21-11-13(3)10-20-14(4)9-19/h6-10,21-22H,1,3,5,11,19H2,2,4H3/b14-9-,20-10?. The number of phenolic OH excluding ortho intramolecular Hbond substituents is 1. The van der Waals surface area contributed by atoms with Crippen LogP contribution in [0.3, 0.4) is 0 Å². The highest BCUT2D eigenvalue weighted by atomic mass is 16.3. The normalized spacial score (nSPS) is 11.5. The topological polar surface area (TPSA) is 70.6 Å². The van der Waals surface area contributed by atoms with E-state index in [-0.39, 0.29) is 5.75 Å². The minimum atomic E-state index is 0.183. The van der Waals surface area contributed by atoms with Crippen LogP contribution >= 0.6 is 0 Å². The van der Waals surface area contributed by atoms with Crippen LogP contribution < -0.4 is 11.1 Å². The molecule has 4 N–H and O–H groups in total. The second-order valence-electron chi connectivity index (χ2n) is 5.11. The number of aromatic hydroxyl groups is 1. The molecule has 0 saturated carbocycles. The van der Waals surface area contributed by atoms with Crippen molar-refractivity contribution in [2.24, 2.45) is 10.7 Å². The fourth-order valence-corrected chi connectivity index (χ4v) is 1.64. The molecule has 0 aliphatic heterocycles. The van der Waals surface area contributed by atoms with Crippen LogP contribution in [0.25, 0.3) is 11.3 Å². The molecule has 1 aromatic rings. The van der Waals surface area contributed by atoms with Crippen LogP contribution in [-0.2, 0) is 0 Å². The van der Waals surface area contributed by atoms with Crippen molar-refractivity contribution in [3.8, 4) is 5.75 Å². The summed E-state index contributed by atoms with van der Waals surface area (Å²) >= 11 is 0. The van der Waals surface area contributed by atoms with Crippen LogP contribution in [0.15, 0.2) is 60.4 Å². The van der Waals surface area contributed by atoms with E-state index in [9.17, 15) is 5.11 Å². The van der Waals surface area contributed by atoms with Crippen LogP contribution in [0, 0.1) is 0 Å². The van der Waals surface area contributed by atoms with Crippen molar-refractivity contribution in [3.63, 3.8) is 0 Å². The van der Waals surface area contributed by atoms with E-state index in [4.69, 9.17) is 5.73 Å². The van der Waals surface area contributed by atoms with Crippen molar-refractivity contribution in [3.05, 3.63) is 66.5 Å². The third kappa shape index (κ3) is 5.32. The first-order chi connectivity index (χ1) is 10.3. The maximum absolute atomic E-state index is 9.77. The molecule has 0 aromatic heterocycles. The number of hydrogen-bond donors (Lipinski definition) is 3. The average molecular weight is 297 g/mol. The Morgan fingerprint density at radius 3 is 2.45 bits per heavy atom. The van der Waals surface area contributed by atoms with Gasteiger partial charge in [-0.3, -0.25) is 4.99 Å². The molecule has 116 valence electrons. The third-order valence-corrected chi connectivity index (χ3v) is 2.98. The molecule has 0 aliphatic carbocycles. The molecule has 0 aliphatic rings. The third-order valence-electron chi connectivity index (χ3n) is 2.98. The van der Waals surface area contributed by atoms with Gasteiger partial charge in [0.25, 0.3) is 0 Å². The van der Waals surface area contributed by atoms with Crippen LogP contribution in [0.2, 0.25) is 0 Å². The number of phenols is 1. The Hall–Kier alpha value is -2.75. The van der Waals surface area contributed by atoms with Crippen molar-refractivity contribution >= 4 is 17.5 Å². The highest BCUT2D eigenvalue weighted by Gasteiger charge is 2.04. The number of allylic oxidation sites excluding steroid dienone is 2. The lowest BCUT2D eigenvalue weighted by molar-refractivity contribution is 0.475. The van der Waals surface area contributed by atoms with E-state index >= 15 is 0 Å². The van der Waals surface area contributed by atoms with E-state index in [0.29, 0.717) is 12.2 Å². The van der Waals surface area contributed by atoms with Gasteiger partial charge in [-0.2, -0.15) is 0 Å². The summed E-state index contributed by atoms with van der Waals surface area (Å²) < 4.78 is 0. The fourth-order valence-electron chi connectivity index (χ4n) is 1.64. The Labute approximate surface area is 132 Å². The number of nitrogens with two attached hydrogens (primary N) is 1. The van der Waals surface area contributed by atoms with Gasteiger partial charge in [-0.05, 0) is 43.2 Å². The Bertz CT molecular complexity index is 654. The van der Waals surface area contributed by atoms with Gasteiger partial charge in [0, 0.05) is 30.2 Å². The Kier molecular flexibility index (Phi) is 6.20. The summed E-state index contributed by atoms with van der Waals surface area (Å²) in [6, 6.07) is 5.25. The molecule has 0 fully saturated rings. The number of hydrogen-bond acceptors (Lipinski definition) is 4. The molecule has 0 heterocycles. The van der Waals surface area contributed by atoms with Gasteiger partial charge in [0.2, 0.25) is 0 Å². The molecule has 0 saturated heterocycles. The number of benzene rings is 1. The smallest absolute Gasteiger partial charge is 0.116 e. The van der Waals surface area contributed by atoms with Gasteiger partial charge in [0.1, 0.15) is 5.75 Å². The highest BCUT2D eigenvalue weighted by Crippen LogP contribution is 2.23. The van der Waals surface area contributed by atoms with Gasteiger partial charge >= 0.3 is 0 Å². The molecule has 4 nitrogen and oxygen atoms in total. The van der Waals surface area contributed by atoms with Gasteiger partial charge in [0.15, 0.2) is 0 Å². The van der Waals surface area contributed by atoms with Crippen molar-refractivity contribution in [2.45, 2.75) is 13.8 Å². The molecular weight excluding hydrogens is 274 g/mol. The molecule has 4 heteroatoms. The highest BCUT2D eigenvalue weighted by molar-refractivity contribution is 5.79. The lowest BCUT2D eigenvalue weighted by atomic mass is 10.0. The molecule has 0 unspecified atom stereocenters. The van der Waals surface area contributed by atoms with E-state index in [1.165, 1.54) is 6.20 Å². The van der Waals surface area contributed by atoms with Crippen molar-refractivity contribution in [2.75, 3.05) is 6.54 Å². The van der Waals surface area contributed by atoms with Gasteiger partial charge in [-0.1, -0.05) is 25.3 Å². The average Bonchev–Trinajstić information content (AvgIpc) is 2.49. The predicted molar refractivity (Wildman–Crippen MR) is 95.4 cm³/mol. The quantitative estimate of drug-likeness (QED) is 0.675. The molecule has 0 radical (unpaired) electrons. The second kappa shape index (κ2) is 7.88. The first-order valence-corrected chi connectivity index (χ1v) is 6.87. The number of rotatable bonds is 7. The summed E-state index contributed by atoms with van der Waals surface area (Å²) in [6.45, 7) is 16.0. The van der Waals surface area contributed by atoms with Crippen molar-refractivity contribution in [1.29, 1.82) is 0 Å². The lowest BCUT2D eigenvalue weighted by Crippen LogP contribution is -2.15. The van der Waals surface area contributed by atoms with E-state index in [1.54, 1.807) is 18.3 Å².